The van der Waals surface area contributed by atoms with E-state index in [1.807, 2.05) is 24.3 Å². The zero-order valence-corrected chi connectivity index (χ0v) is 16.8. The lowest BCUT2D eigenvalue weighted by Gasteiger charge is -2.06. The molecule has 4 rings (SSSR count). The number of fused-ring (bicyclic) bond motifs is 1. The minimum atomic E-state index is -0.363. The molecule has 1 N–H and O–H groups in total. The van der Waals surface area contributed by atoms with Crippen molar-refractivity contribution in [3.05, 3.63) is 71.0 Å². The van der Waals surface area contributed by atoms with Crippen LogP contribution in [0.2, 0.25) is 5.02 Å². The molecule has 0 aliphatic heterocycles. The number of nitrogens with zero attached hydrogens (tertiary/aromatic N) is 4. The zero-order chi connectivity index (χ0) is 20.4. The number of hydrogen-bond acceptors (Lipinski definition) is 5. The molecule has 0 saturated heterocycles. The van der Waals surface area contributed by atoms with Crippen LogP contribution in [0.15, 0.2) is 59.8 Å². The van der Waals surface area contributed by atoms with Gasteiger partial charge in [-0.2, -0.15) is 9.61 Å². The van der Waals surface area contributed by atoms with Crippen LogP contribution in [0.25, 0.3) is 16.9 Å². The summed E-state index contributed by atoms with van der Waals surface area (Å²) in [5.41, 5.74) is 3.14. The van der Waals surface area contributed by atoms with Crippen molar-refractivity contribution in [1.29, 1.82) is 0 Å². The Morgan fingerprint density at radius 2 is 1.93 bits per heavy atom. The Labute approximate surface area is 175 Å². The van der Waals surface area contributed by atoms with E-state index in [0.29, 0.717) is 27.1 Å². The Balaban J connectivity index is 1.48. The van der Waals surface area contributed by atoms with Gasteiger partial charge in [0, 0.05) is 16.3 Å². The number of aromatic nitrogens is 4. The number of carbonyl (C=O) groups excluding carboxylic acids is 1. The Bertz CT molecular complexity index is 1200. The van der Waals surface area contributed by atoms with Gasteiger partial charge in [0.2, 0.25) is 11.1 Å². The highest BCUT2D eigenvalue weighted by molar-refractivity contribution is 7.99. The average Bonchev–Trinajstić information content (AvgIpc) is 3.12. The van der Waals surface area contributed by atoms with Crippen LogP contribution in [0, 0.1) is 12.7 Å². The highest BCUT2D eigenvalue weighted by atomic mass is 35.5. The molecule has 2 aromatic carbocycles. The van der Waals surface area contributed by atoms with Crippen molar-refractivity contribution in [3.8, 4) is 11.3 Å². The molecule has 4 aromatic rings. The van der Waals surface area contributed by atoms with Crippen LogP contribution >= 0.6 is 23.4 Å². The number of thioether (sulfide) groups is 1. The molecule has 0 atom stereocenters. The summed E-state index contributed by atoms with van der Waals surface area (Å²) in [4.78, 5) is 12.2. The Morgan fingerprint density at radius 1 is 1.14 bits per heavy atom. The van der Waals surface area contributed by atoms with Crippen molar-refractivity contribution in [3.63, 3.8) is 0 Å². The molecule has 0 saturated carbocycles. The van der Waals surface area contributed by atoms with E-state index in [-0.39, 0.29) is 17.5 Å². The molecule has 0 aliphatic carbocycles. The van der Waals surface area contributed by atoms with Crippen LogP contribution in [-0.2, 0) is 4.79 Å². The van der Waals surface area contributed by atoms with Crippen LogP contribution in [0.4, 0.5) is 10.1 Å². The largest absolute Gasteiger partial charge is 0.325 e. The minimum absolute atomic E-state index is 0.0864. The number of halogens is 2. The summed E-state index contributed by atoms with van der Waals surface area (Å²) in [5.74, 6) is -0.551. The van der Waals surface area contributed by atoms with Gasteiger partial charge in [-0.15, -0.1) is 10.2 Å². The third-order valence-electron chi connectivity index (χ3n) is 4.16. The topological polar surface area (TPSA) is 72.2 Å². The highest BCUT2D eigenvalue weighted by Crippen LogP contribution is 2.22. The first-order chi connectivity index (χ1) is 14.0. The summed E-state index contributed by atoms with van der Waals surface area (Å²) in [6.45, 7) is 1.67. The molecule has 0 aliphatic rings. The van der Waals surface area contributed by atoms with E-state index in [2.05, 4.69) is 20.6 Å². The van der Waals surface area contributed by atoms with Gasteiger partial charge in [0.15, 0.2) is 5.65 Å². The second-order valence-electron chi connectivity index (χ2n) is 6.28. The van der Waals surface area contributed by atoms with Crippen LogP contribution in [-0.4, -0.2) is 31.5 Å². The fourth-order valence-electron chi connectivity index (χ4n) is 2.63. The van der Waals surface area contributed by atoms with Crippen molar-refractivity contribution in [2.45, 2.75) is 12.1 Å². The monoisotopic (exact) mass is 427 g/mol. The number of hydrogen-bond donors (Lipinski definition) is 1. The second-order valence-corrected chi connectivity index (χ2v) is 7.66. The maximum absolute atomic E-state index is 13.6. The van der Waals surface area contributed by atoms with E-state index in [4.69, 9.17) is 11.6 Å². The van der Waals surface area contributed by atoms with E-state index in [9.17, 15) is 9.18 Å². The van der Waals surface area contributed by atoms with Crippen LogP contribution < -0.4 is 5.32 Å². The molecule has 6 nitrogen and oxygen atoms in total. The van der Waals surface area contributed by atoms with Gasteiger partial charge in [-0.25, -0.2) is 4.39 Å². The molecule has 1 amide bonds. The molecule has 0 fully saturated rings. The summed E-state index contributed by atoms with van der Waals surface area (Å²) in [7, 11) is 0. The summed E-state index contributed by atoms with van der Waals surface area (Å²) in [6.07, 6.45) is 0. The van der Waals surface area contributed by atoms with Crippen LogP contribution in [0.1, 0.15) is 5.56 Å². The Hall–Kier alpha value is -2.97. The maximum atomic E-state index is 13.6. The third kappa shape index (κ3) is 4.38. The first kappa shape index (κ1) is 19.4. The second kappa shape index (κ2) is 8.18. The van der Waals surface area contributed by atoms with Crippen molar-refractivity contribution in [1.82, 2.24) is 19.8 Å². The van der Waals surface area contributed by atoms with Gasteiger partial charge >= 0.3 is 0 Å². The molecule has 0 spiro atoms. The lowest BCUT2D eigenvalue weighted by molar-refractivity contribution is -0.113. The first-order valence-electron chi connectivity index (χ1n) is 8.67. The number of aryl methyl sites for hydroxylation is 1. The van der Waals surface area contributed by atoms with Gasteiger partial charge in [-0.1, -0.05) is 41.6 Å². The summed E-state index contributed by atoms with van der Waals surface area (Å²) in [5, 5.41) is 16.6. The molecule has 2 heterocycles. The van der Waals surface area contributed by atoms with E-state index >= 15 is 0 Å². The van der Waals surface area contributed by atoms with Gasteiger partial charge in [0.05, 0.1) is 11.4 Å². The SMILES string of the molecule is Cc1ccc(NC(=O)CSc2nnc3ccc(-c4ccc(Cl)cc4)nn23)cc1F. The van der Waals surface area contributed by atoms with E-state index in [1.165, 1.54) is 17.8 Å². The van der Waals surface area contributed by atoms with Crippen LogP contribution in [0.3, 0.4) is 0 Å². The van der Waals surface area contributed by atoms with Gasteiger partial charge in [-0.3, -0.25) is 4.79 Å². The van der Waals surface area contributed by atoms with Crippen molar-refractivity contribution in [2.24, 2.45) is 0 Å². The van der Waals surface area contributed by atoms with Crippen molar-refractivity contribution < 1.29 is 9.18 Å². The smallest absolute Gasteiger partial charge is 0.234 e. The number of carbonyl (C=O) groups is 1. The number of anilines is 1. The Kier molecular flexibility index (Phi) is 5.46. The minimum Gasteiger partial charge on any atom is -0.325 e. The quantitative estimate of drug-likeness (QED) is 0.470. The highest BCUT2D eigenvalue weighted by Gasteiger charge is 2.12. The number of nitrogens with one attached hydrogen (secondary N) is 1. The predicted octanol–water partition coefficient (Wildman–Crippen LogP) is 4.62. The molecule has 0 radical (unpaired) electrons. The fraction of sp³-hybridized carbons (Fsp3) is 0.100. The number of benzene rings is 2. The number of rotatable bonds is 5. The normalized spacial score (nSPS) is 11.0. The summed E-state index contributed by atoms with van der Waals surface area (Å²) >= 11 is 7.14. The molecular formula is C20H15ClFN5OS. The van der Waals surface area contributed by atoms with E-state index in [0.717, 1.165) is 11.3 Å². The molecule has 9 heteroatoms. The average molecular weight is 428 g/mol. The van der Waals surface area contributed by atoms with Gasteiger partial charge in [0.25, 0.3) is 0 Å². The van der Waals surface area contributed by atoms with E-state index < -0.39 is 0 Å². The lowest BCUT2D eigenvalue weighted by Crippen LogP contribution is -2.14. The molecular weight excluding hydrogens is 413 g/mol. The van der Waals surface area contributed by atoms with Crippen molar-refractivity contribution in [2.75, 3.05) is 11.1 Å². The standard InChI is InChI=1S/C20H15ClFN5OS/c1-12-2-7-15(10-16(12)22)23-19(28)11-29-20-25-24-18-9-8-17(26-27(18)20)13-3-5-14(21)6-4-13/h2-10H,11H2,1H3,(H,23,28). The zero-order valence-electron chi connectivity index (χ0n) is 15.3. The van der Waals surface area contributed by atoms with Gasteiger partial charge in [-0.05, 0) is 48.9 Å². The maximum Gasteiger partial charge on any atom is 0.234 e. The lowest BCUT2D eigenvalue weighted by atomic mass is 10.1. The molecule has 29 heavy (non-hydrogen) atoms. The van der Waals surface area contributed by atoms with Gasteiger partial charge < -0.3 is 5.32 Å². The van der Waals surface area contributed by atoms with Gasteiger partial charge in [0.1, 0.15) is 5.82 Å². The first-order valence-corrected chi connectivity index (χ1v) is 10.0. The summed E-state index contributed by atoms with van der Waals surface area (Å²) in [6, 6.07) is 15.6. The summed E-state index contributed by atoms with van der Waals surface area (Å²) < 4.78 is 15.2. The molecule has 0 unspecified atom stereocenters. The Morgan fingerprint density at radius 3 is 2.69 bits per heavy atom. The molecule has 2 aromatic heterocycles. The molecule has 146 valence electrons. The van der Waals surface area contributed by atoms with Crippen LogP contribution in [0.5, 0.6) is 0 Å². The molecule has 0 bridgehead atoms. The number of amides is 1. The fourth-order valence-corrected chi connectivity index (χ4v) is 3.45. The van der Waals surface area contributed by atoms with E-state index in [1.54, 1.807) is 35.7 Å². The van der Waals surface area contributed by atoms with Crippen molar-refractivity contribution >= 4 is 40.6 Å². The predicted molar refractivity (Wildman–Crippen MR) is 112 cm³/mol. The third-order valence-corrected chi connectivity index (χ3v) is 5.33.